The standard InChI is InChI=1S/C28H28N4O4/c1-33-23-11-7-5-9-19(23)29-17-13-21-27(25(15-17)35-3)32-22-14-18(16-26(36-4)28(22)31-21)30-20-10-6-8-12-24(20)34-2/h5-16,29-32H,1-4H3. The number of methoxy groups -OCH3 is 4. The van der Waals surface area contributed by atoms with E-state index in [4.69, 9.17) is 18.9 Å². The van der Waals surface area contributed by atoms with Crippen molar-refractivity contribution in [2.45, 2.75) is 0 Å². The first kappa shape index (κ1) is 23.0. The molecule has 0 fully saturated rings. The van der Waals surface area contributed by atoms with E-state index in [9.17, 15) is 0 Å². The van der Waals surface area contributed by atoms with Crippen molar-refractivity contribution < 1.29 is 18.9 Å². The third kappa shape index (κ3) is 4.36. The smallest absolute Gasteiger partial charge is 0.146 e. The lowest BCUT2D eigenvalue weighted by Crippen LogP contribution is -2.10. The van der Waals surface area contributed by atoms with E-state index in [0.717, 1.165) is 57.0 Å². The molecule has 0 atom stereocenters. The van der Waals surface area contributed by atoms with Gasteiger partial charge in [-0.05, 0) is 36.4 Å². The molecule has 1 heterocycles. The van der Waals surface area contributed by atoms with Gasteiger partial charge in [-0.1, -0.05) is 24.3 Å². The Morgan fingerprint density at radius 3 is 1.28 bits per heavy atom. The van der Waals surface area contributed by atoms with Gasteiger partial charge in [0.25, 0.3) is 0 Å². The monoisotopic (exact) mass is 484 g/mol. The fourth-order valence-electron chi connectivity index (χ4n) is 4.23. The summed E-state index contributed by atoms with van der Waals surface area (Å²) in [6.45, 7) is 0. The number of hydrogen-bond donors (Lipinski definition) is 4. The van der Waals surface area contributed by atoms with Crippen LogP contribution in [0, 0.1) is 0 Å². The van der Waals surface area contributed by atoms with Crippen LogP contribution in [0.5, 0.6) is 23.0 Å². The van der Waals surface area contributed by atoms with Crippen molar-refractivity contribution in [2.24, 2.45) is 0 Å². The Morgan fingerprint density at radius 2 is 0.889 bits per heavy atom. The van der Waals surface area contributed by atoms with Gasteiger partial charge in [0.05, 0.1) is 51.2 Å². The normalized spacial score (nSPS) is 11.2. The van der Waals surface area contributed by atoms with Crippen LogP contribution >= 0.6 is 0 Å². The zero-order valence-corrected chi connectivity index (χ0v) is 20.6. The molecule has 0 aliphatic carbocycles. The Kier molecular flexibility index (Phi) is 6.32. The highest BCUT2D eigenvalue weighted by atomic mass is 16.5. The van der Waals surface area contributed by atoms with Crippen molar-refractivity contribution in [2.75, 3.05) is 49.7 Å². The number of ether oxygens (including phenoxy) is 4. The minimum absolute atomic E-state index is 0.685. The van der Waals surface area contributed by atoms with Gasteiger partial charge in [0.2, 0.25) is 0 Å². The maximum atomic E-state index is 5.74. The molecule has 1 aliphatic heterocycles. The van der Waals surface area contributed by atoms with Crippen LogP contribution < -0.4 is 40.2 Å². The highest BCUT2D eigenvalue weighted by molar-refractivity contribution is 5.98. The van der Waals surface area contributed by atoms with E-state index >= 15 is 0 Å². The molecule has 0 bridgehead atoms. The van der Waals surface area contributed by atoms with E-state index in [0.29, 0.717) is 11.5 Å². The van der Waals surface area contributed by atoms with Gasteiger partial charge < -0.3 is 40.2 Å². The summed E-state index contributed by atoms with van der Waals surface area (Å²) < 4.78 is 22.4. The Bertz CT molecular complexity index is 1300. The summed E-state index contributed by atoms with van der Waals surface area (Å²) >= 11 is 0. The minimum atomic E-state index is 0.685. The van der Waals surface area contributed by atoms with Crippen molar-refractivity contribution in [1.82, 2.24) is 0 Å². The molecule has 0 amide bonds. The van der Waals surface area contributed by atoms with Crippen LogP contribution in [0.3, 0.4) is 0 Å². The van der Waals surface area contributed by atoms with Crippen molar-refractivity contribution in [3.05, 3.63) is 72.8 Å². The molecule has 0 saturated carbocycles. The lowest BCUT2D eigenvalue weighted by molar-refractivity contribution is 0.415. The van der Waals surface area contributed by atoms with Crippen molar-refractivity contribution in [3.8, 4) is 23.0 Å². The molecule has 0 unspecified atom stereocenters. The van der Waals surface area contributed by atoms with Gasteiger partial charge in [-0.2, -0.15) is 0 Å². The van der Waals surface area contributed by atoms with Crippen LogP contribution in [0.15, 0.2) is 72.8 Å². The van der Waals surface area contributed by atoms with Gasteiger partial charge in [-0.15, -0.1) is 0 Å². The van der Waals surface area contributed by atoms with Crippen LogP contribution in [-0.2, 0) is 0 Å². The Labute approximate surface area is 210 Å². The van der Waals surface area contributed by atoms with Gasteiger partial charge in [0, 0.05) is 23.5 Å². The lowest BCUT2D eigenvalue weighted by Gasteiger charge is -2.28. The molecule has 8 heteroatoms. The zero-order chi connectivity index (χ0) is 25.1. The molecule has 4 aromatic carbocycles. The first-order valence-corrected chi connectivity index (χ1v) is 11.4. The zero-order valence-electron chi connectivity index (χ0n) is 20.6. The van der Waals surface area contributed by atoms with Crippen molar-refractivity contribution in [3.63, 3.8) is 0 Å². The second-order valence-corrected chi connectivity index (χ2v) is 8.10. The largest absolute Gasteiger partial charge is 0.495 e. The molecule has 36 heavy (non-hydrogen) atoms. The second kappa shape index (κ2) is 9.87. The molecule has 4 N–H and O–H groups in total. The SMILES string of the molecule is COc1ccccc1Nc1cc2c(c(OC)c1)Nc1cc(Nc3ccccc3OC)cc(OC)c1N2. The highest BCUT2D eigenvalue weighted by Gasteiger charge is 2.23. The maximum Gasteiger partial charge on any atom is 0.146 e. The lowest BCUT2D eigenvalue weighted by atomic mass is 10.1. The van der Waals surface area contributed by atoms with E-state index < -0.39 is 0 Å². The van der Waals surface area contributed by atoms with Crippen LogP contribution in [0.4, 0.5) is 45.5 Å². The Morgan fingerprint density at radius 1 is 0.500 bits per heavy atom. The number of rotatable bonds is 8. The molecule has 1 aliphatic rings. The predicted octanol–water partition coefficient (Wildman–Crippen LogP) is 7.01. The summed E-state index contributed by atoms with van der Waals surface area (Å²) in [6.07, 6.45) is 0. The Balaban J connectivity index is 1.49. The third-order valence-electron chi connectivity index (χ3n) is 5.94. The number of hydrogen-bond acceptors (Lipinski definition) is 8. The molecule has 184 valence electrons. The van der Waals surface area contributed by atoms with Gasteiger partial charge in [0.15, 0.2) is 0 Å². The average Bonchev–Trinajstić information content (AvgIpc) is 2.91. The van der Waals surface area contributed by atoms with Crippen LogP contribution in [0.25, 0.3) is 0 Å². The van der Waals surface area contributed by atoms with E-state index in [-0.39, 0.29) is 0 Å². The quantitative estimate of drug-likeness (QED) is 0.187. The highest BCUT2D eigenvalue weighted by Crippen LogP contribution is 2.50. The second-order valence-electron chi connectivity index (χ2n) is 8.10. The molecule has 0 aromatic heterocycles. The number of nitrogens with one attached hydrogen (secondary N) is 4. The molecule has 0 radical (unpaired) electrons. The molecule has 8 nitrogen and oxygen atoms in total. The summed E-state index contributed by atoms with van der Waals surface area (Å²) in [5.74, 6) is 2.87. The number of benzene rings is 4. The van der Waals surface area contributed by atoms with Gasteiger partial charge in [0.1, 0.15) is 34.4 Å². The molecule has 0 spiro atoms. The molecule has 4 aromatic rings. The molecular formula is C28H28N4O4. The van der Waals surface area contributed by atoms with Crippen LogP contribution in [0.2, 0.25) is 0 Å². The van der Waals surface area contributed by atoms with E-state index in [2.05, 4.69) is 21.3 Å². The average molecular weight is 485 g/mol. The van der Waals surface area contributed by atoms with Gasteiger partial charge in [-0.3, -0.25) is 0 Å². The molecule has 5 rings (SSSR count). The van der Waals surface area contributed by atoms with Crippen LogP contribution in [-0.4, -0.2) is 28.4 Å². The minimum Gasteiger partial charge on any atom is -0.495 e. The fourth-order valence-corrected chi connectivity index (χ4v) is 4.23. The summed E-state index contributed by atoms with van der Waals surface area (Å²) in [6, 6.07) is 23.4. The van der Waals surface area contributed by atoms with Gasteiger partial charge >= 0.3 is 0 Å². The van der Waals surface area contributed by atoms with Crippen molar-refractivity contribution in [1.29, 1.82) is 0 Å². The molecule has 0 saturated heterocycles. The van der Waals surface area contributed by atoms with E-state index in [1.165, 1.54) is 0 Å². The summed E-state index contributed by atoms with van der Waals surface area (Å²) in [4.78, 5) is 0. The first-order valence-electron chi connectivity index (χ1n) is 11.4. The Hall–Kier alpha value is -4.72. The number of fused-ring (bicyclic) bond motifs is 2. The van der Waals surface area contributed by atoms with E-state index in [1.54, 1.807) is 28.4 Å². The number of anilines is 8. The number of para-hydroxylation sites is 4. The fraction of sp³-hybridized carbons (Fsp3) is 0.143. The molecular weight excluding hydrogens is 456 g/mol. The summed E-state index contributed by atoms with van der Waals surface area (Å²) in [5.41, 5.74) is 6.76. The summed E-state index contributed by atoms with van der Waals surface area (Å²) in [7, 11) is 6.61. The topological polar surface area (TPSA) is 85.0 Å². The summed E-state index contributed by atoms with van der Waals surface area (Å²) in [5, 5.41) is 13.9. The third-order valence-corrected chi connectivity index (χ3v) is 5.94. The van der Waals surface area contributed by atoms with Crippen molar-refractivity contribution >= 4 is 45.5 Å². The maximum absolute atomic E-state index is 5.74. The predicted molar refractivity (Wildman–Crippen MR) is 145 cm³/mol. The van der Waals surface area contributed by atoms with E-state index in [1.807, 2.05) is 72.8 Å². The van der Waals surface area contributed by atoms with Gasteiger partial charge in [-0.25, -0.2) is 0 Å². The van der Waals surface area contributed by atoms with Crippen LogP contribution in [0.1, 0.15) is 0 Å². The first-order chi connectivity index (χ1) is 17.6.